The van der Waals surface area contributed by atoms with Crippen LogP contribution in [0.4, 0.5) is 0 Å². The van der Waals surface area contributed by atoms with Gasteiger partial charge in [-0.1, -0.05) is 33.6 Å². The highest BCUT2D eigenvalue weighted by molar-refractivity contribution is 5.77. The van der Waals surface area contributed by atoms with Crippen molar-refractivity contribution in [1.29, 1.82) is 0 Å². The molecular formula is C17H30N4O2. The minimum Gasteiger partial charge on any atom is -0.389 e. The van der Waals surface area contributed by atoms with Gasteiger partial charge in [0.1, 0.15) is 5.82 Å². The van der Waals surface area contributed by atoms with Crippen LogP contribution >= 0.6 is 0 Å². The molecule has 1 aromatic rings. The molecule has 6 heteroatoms. The van der Waals surface area contributed by atoms with Gasteiger partial charge in [-0.15, -0.1) is 0 Å². The van der Waals surface area contributed by atoms with Gasteiger partial charge in [0.25, 0.3) is 0 Å². The van der Waals surface area contributed by atoms with Crippen LogP contribution in [0.25, 0.3) is 0 Å². The monoisotopic (exact) mass is 322 g/mol. The number of hydrogen-bond donors (Lipinski definition) is 2. The highest BCUT2D eigenvalue weighted by Crippen LogP contribution is 2.26. The minimum absolute atomic E-state index is 0.0865. The van der Waals surface area contributed by atoms with Crippen LogP contribution in [-0.4, -0.2) is 31.4 Å². The van der Waals surface area contributed by atoms with Gasteiger partial charge in [0.15, 0.2) is 5.82 Å². The Labute approximate surface area is 138 Å². The first kappa shape index (κ1) is 17.9. The van der Waals surface area contributed by atoms with Crippen LogP contribution < -0.4 is 5.32 Å². The normalized spacial score (nSPS) is 17.8. The number of nitrogens with zero attached hydrogens (tertiary/aromatic N) is 3. The van der Waals surface area contributed by atoms with Gasteiger partial charge in [-0.05, 0) is 25.7 Å². The number of aliphatic hydroxyl groups is 1. The third kappa shape index (κ3) is 4.53. The standard InChI is InChI=1S/C17H30N4O2/c1-4-9-17(23,10-5-2)12-15(22)18-13-8-7-11-21-16(13)19-14(6-3)20-21/h13,23H,4-12H2,1-3H3,(H,18,22). The molecule has 23 heavy (non-hydrogen) atoms. The second kappa shape index (κ2) is 7.90. The molecule has 0 saturated heterocycles. The number of fused-ring (bicyclic) bond motifs is 1. The predicted molar refractivity (Wildman–Crippen MR) is 88.9 cm³/mol. The highest BCUT2D eigenvalue weighted by Gasteiger charge is 2.31. The zero-order chi connectivity index (χ0) is 16.9. The van der Waals surface area contributed by atoms with Crippen molar-refractivity contribution in [2.45, 2.75) is 90.3 Å². The molecule has 1 unspecified atom stereocenters. The number of nitrogens with one attached hydrogen (secondary N) is 1. The maximum absolute atomic E-state index is 12.4. The Hall–Kier alpha value is -1.43. The molecule has 0 bridgehead atoms. The number of amides is 1. The lowest BCUT2D eigenvalue weighted by Gasteiger charge is -2.29. The van der Waals surface area contributed by atoms with E-state index < -0.39 is 5.60 Å². The molecule has 0 spiro atoms. The van der Waals surface area contributed by atoms with Gasteiger partial charge in [-0.25, -0.2) is 9.67 Å². The van der Waals surface area contributed by atoms with Crippen LogP contribution in [-0.2, 0) is 17.8 Å². The fraction of sp³-hybridized carbons (Fsp3) is 0.824. The van der Waals surface area contributed by atoms with E-state index in [1.54, 1.807) is 0 Å². The van der Waals surface area contributed by atoms with Crippen LogP contribution in [0.5, 0.6) is 0 Å². The van der Waals surface area contributed by atoms with E-state index in [0.29, 0.717) is 12.8 Å². The summed E-state index contributed by atoms with van der Waals surface area (Å²) in [5.74, 6) is 1.60. The smallest absolute Gasteiger partial charge is 0.223 e. The molecule has 1 amide bonds. The molecule has 2 heterocycles. The van der Waals surface area contributed by atoms with Crippen molar-refractivity contribution in [3.05, 3.63) is 11.6 Å². The summed E-state index contributed by atoms with van der Waals surface area (Å²) >= 11 is 0. The molecule has 0 aliphatic carbocycles. The van der Waals surface area contributed by atoms with Crippen molar-refractivity contribution in [2.24, 2.45) is 0 Å². The van der Waals surface area contributed by atoms with E-state index >= 15 is 0 Å². The molecule has 1 aromatic heterocycles. The van der Waals surface area contributed by atoms with E-state index in [9.17, 15) is 9.90 Å². The van der Waals surface area contributed by atoms with Gasteiger partial charge in [0, 0.05) is 13.0 Å². The van der Waals surface area contributed by atoms with Crippen molar-refractivity contribution >= 4 is 5.91 Å². The number of carbonyl (C=O) groups is 1. The van der Waals surface area contributed by atoms with E-state index in [-0.39, 0.29) is 18.4 Å². The molecule has 0 radical (unpaired) electrons. The average Bonchev–Trinajstić information content (AvgIpc) is 2.91. The summed E-state index contributed by atoms with van der Waals surface area (Å²) in [6.45, 7) is 6.97. The predicted octanol–water partition coefficient (Wildman–Crippen LogP) is 2.51. The molecule has 2 N–H and O–H groups in total. The number of carbonyl (C=O) groups excluding carboxylic acids is 1. The zero-order valence-corrected chi connectivity index (χ0v) is 14.6. The number of hydrogen-bond acceptors (Lipinski definition) is 4. The molecular weight excluding hydrogens is 292 g/mol. The summed E-state index contributed by atoms with van der Waals surface area (Å²) in [6, 6.07) is -0.0865. The first-order valence-corrected chi connectivity index (χ1v) is 8.96. The Balaban J connectivity index is 2.02. The largest absolute Gasteiger partial charge is 0.389 e. The Kier molecular flexibility index (Phi) is 6.16. The van der Waals surface area contributed by atoms with E-state index in [0.717, 1.165) is 50.3 Å². The Morgan fingerprint density at radius 1 is 1.35 bits per heavy atom. The van der Waals surface area contributed by atoms with Crippen LogP contribution in [0, 0.1) is 0 Å². The fourth-order valence-corrected chi connectivity index (χ4v) is 3.46. The molecule has 0 fully saturated rings. The molecule has 2 rings (SSSR count). The lowest BCUT2D eigenvalue weighted by molar-refractivity contribution is -0.127. The van der Waals surface area contributed by atoms with Gasteiger partial charge < -0.3 is 10.4 Å². The van der Waals surface area contributed by atoms with Crippen molar-refractivity contribution in [2.75, 3.05) is 0 Å². The van der Waals surface area contributed by atoms with E-state index in [1.807, 2.05) is 25.5 Å². The summed E-state index contributed by atoms with van der Waals surface area (Å²) in [6.07, 6.45) is 5.91. The third-order valence-corrected chi connectivity index (χ3v) is 4.49. The van der Waals surface area contributed by atoms with Crippen molar-refractivity contribution < 1.29 is 9.90 Å². The first-order valence-electron chi connectivity index (χ1n) is 8.96. The highest BCUT2D eigenvalue weighted by atomic mass is 16.3. The van der Waals surface area contributed by atoms with Crippen molar-refractivity contribution in [3.63, 3.8) is 0 Å². The molecule has 0 saturated carbocycles. The average molecular weight is 322 g/mol. The van der Waals surface area contributed by atoms with Crippen molar-refractivity contribution in [3.8, 4) is 0 Å². The van der Waals surface area contributed by atoms with Crippen LogP contribution in [0.1, 0.15) is 83.4 Å². The molecule has 1 atom stereocenters. The summed E-state index contributed by atoms with van der Waals surface area (Å²) in [4.78, 5) is 17.0. The lowest BCUT2D eigenvalue weighted by Crippen LogP contribution is -2.39. The maximum Gasteiger partial charge on any atom is 0.223 e. The lowest BCUT2D eigenvalue weighted by atomic mass is 9.89. The molecule has 6 nitrogen and oxygen atoms in total. The van der Waals surface area contributed by atoms with Crippen LogP contribution in [0.3, 0.4) is 0 Å². The second-order valence-electron chi connectivity index (χ2n) is 6.63. The minimum atomic E-state index is -0.884. The summed E-state index contributed by atoms with van der Waals surface area (Å²) in [7, 11) is 0. The van der Waals surface area contributed by atoms with Crippen LogP contribution in [0.15, 0.2) is 0 Å². The summed E-state index contributed by atoms with van der Waals surface area (Å²) < 4.78 is 1.91. The molecule has 1 aliphatic heterocycles. The summed E-state index contributed by atoms with van der Waals surface area (Å²) in [5.41, 5.74) is -0.884. The van der Waals surface area contributed by atoms with Crippen molar-refractivity contribution in [1.82, 2.24) is 20.1 Å². The Morgan fingerprint density at radius 3 is 2.65 bits per heavy atom. The van der Waals surface area contributed by atoms with Crippen LogP contribution in [0.2, 0.25) is 0 Å². The van der Waals surface area contributed by atoms with Gasteiger partial charge in [-0.2, -0.15) is 5.10 Å². The molecule has 0 aromatic carbocycles. The van der Waals surface area contributed by atoms with Gasteiger partial charge in [0.05, 0.1) is 18.1 Å². The summed E-state index contributed by atoms with van der Waals surface area (Å²) in [5, 5.41) is 18.2. The number of aryl methyl sites for hydroxylation is 2. The van der Waals surface area contributed by atoms with E-state index in [4.69, 9.17) is 0 Å². The number of aromatic nitrogens is 3. The maximum atomic E-state index is 12.4. The van der Waals surface area contributed by atoms with Gasteiger partial charge >= 0.3 is 0 Å². The quantitative estimate of drug-likeness (QED) is 0.770. The van der Waals surface area contributed by atoms with Gasteiger partial charge in [-0.3, -0.25) is 4.79 Å². The van der Waals surface area contributed by atoms with E-state index in [2.05, 4.69) is 15.4 Å². The molecule has 1 aliphatic rings. The topological polar surface area (TPSA) is 80.0 Å². The van der Waals surface area contributed by atoms with Gasteiger partial charge in [0.2, 0.25) is 5.91 Å². The zero-order valence-electron chi connectivity index (χ0n) is 14.6. The van der Waals surface area contributed by atoms with E-state index in [1.165, 1.54) is 0 Å². The third-order valence-electron chi connectivity index (χ3n) is 4.49. The molecule has 130 valence electrons. The second-order valence-corrected chi connectivity index (χ2v) is 6.63. The SMILES string of the molecule is CCCC(O)(CCC)CC(=O)NC1CCCn2nc(CC)nc21. The first-order chi connectivity index (χ1) is 11.0. The Morgan fingerprint density at radius 2 is 2.04 bits per heavy atom. The number of rotatable bonds is 8. The Bertz CT molecular complexity index is 521. The fourth-order valence-electron chi connectivity index (χ4n) is 3.46.